The summed E-state index contributed by atoms with van der Waals surface area (Å²) in [5.41, 5.74) is 0.768. The van der Waals surface area contributed by atoms with Gasteiger partial charge in [-0.05, 0) is 18.8 Å². The van der Waals surface area contributed by atoms with E-state index in [0.717, 1.165) is 10.5 Å². The molecule has 0 bridgehead atoms. The van der Waals surface area contributed by atoms with Crippen molar-refractivity contribution in [2.75, 3.05) is 26.2 Å². The summed E-state index contributed by atoms with van der Waals surface area (Å²) in [5.74, 6) is -2.04. The lowest BCUT2D eigenvalue weighted by atomic mass is 9.87. The van der Waals surface area contributed by atoms with Crippen LogP contribution in [-0.2, 0) is 9.59 Å². The molecule has 1 aliphatic heterocycles. The summed E-state index contributed by atoms with van der Waals surface area (Å²) >= 11 is 0. The summed E-state index contributed by atoms with van der Waals surface area (Å²) in [5, 5.41) is 0. The van der Waals surface area contributed by atoms with E-state index in [1.165, 1.54) is 11.0 Å². The number of alkyl halides is 3. The minimum atomic E-state index is -4.86. The monoisotopic (exact) mass is 320 g/mol. The van der Waals surface area contributed by atoms with Gasteiger partial charge in [0.15, 0.2) is 0 Å². The maximum absolute atomic E-state index is 12.4. The van der Waals surface area contributed by atoms with Gasteiger partial charge in [0.2, 0.25) is 5.91 Å². The molecule has 1 rings (SSSR count). The molecule has 0 atom stereocenters. The van der Waals surface area contributed by atoms with Gasteiger partial charge in [0.05, 0.1) is 0 Å². The van der Waals surface area contributed by atoms with E-state index in [-0.39, 0.29) is 31.0 Å². The van der Waals surface area contributed by atoms with Crippen LogP contribution in [0.15, 0.2) is 11.6 Å². The second-order valence-electron chi connectivity index (χ2n) is 6.55. The summed E-state index contributed by atoms with van der Waals surface area (Å²) in [4.78, 5) is 25.7. The molecular formula is C15H23F3N2O2. The van der Waals surface area contributed by atoms with Crippen molar-refractivity contribution < 1.29 is 22.8 Å². The van der Waals surface area contributed by atoms with E-state index in [0.29, 0.717) is 13.0 Å². The predicted molar refractivity (Wildman–Crippen MR) is 77.0 cm³/mol. The zero-order valence-corrected chi connectivity index (χ0v) is 13.5. The van der Waals surface area contributed by atoms with E-state index < -0.39 is 12.1 Å². The van der Waals surface area contributed by atoms with Crippen LogP contribution in [0, 0.1) is 5.41 Å². The predicted octanol–water partition coefficient (Wildman–Crippen LogP) is 2.60. The number of allylic oxidation sites excluding steroid dienone is 1. The maximum Gasteiger partial charge on any atom is 0.471 e. The van der Waals surface area contributed by atoms with Crippen LogP contribution in [0.1, 0.15) is 34.1 Å². The maximum atomic E-state index is 12.4. The number of hydrogen-bond acceptors (Lipinski definition) is 2. The Morgan fingerprint density at radius 2 is 1.45 bits per heavy atom. The molecule has 1 aliphatic rings. The fourth-order valence-electron chi connectivity index (χ4n) is 2.01. The second-order valence-corrected chi connectivity index (χ2v) is 6.55. The molecule has 1 heterocycles. The molecule has 1 fully saturated rings. The van der Waals surface area contributed by atoms with E-state index in [4.69, 9.17) is 0 Å². The topological polar surface area (TPSA) is 40.6 Å². The van der Waals surface area contributed by atoms with Gasteiger partial charge in [-0.2, -0.15) is 13.2 Å². The van der Waals surface area contributed by atoms with E-state index in [1.807, 2.05) is 27.7 Å². The summed E-state index contributed by atoms with van der Waals surface area (Å²) in [6.45, 7) is 8.21. The number of nitrogens with zero attached hydrogens (tertiary/aromatic N) is 2. The fraction of sp³-hybridized carbons (Fsp3) is 0.733. The Kier molecular flexibility index (Phi) is 5.65. The fourth-order valence-corrected chi connectivity index (χ4v) is 2.01. The van der Waals surface area contributed by atoms with Crippen LogP contribution in [0.5, 0.6) is 0 Å². The summed E-state index contributed by atoms with van der Waals surface area (Å²) in [6.07, 6.45) is -2.99. The quantitative estimate of drug-likeness (QED) is 0.697. The molecule has 22 heavy (non-hydrogen) atoms. The lowest BCUT2D eigenvalue weighted by Crippen LogP contribution is -2.43. The molecular weight excluding hydrogens is 297 g/mol. The van der Waals surface area contributed by atoms with Crippen molar-refractivity contribution in [1.82, 2.24) is 9.80 Å². The zero-order valence-electron chi connectivity index (χ0n) is 13.5. The number of carbonyl (C=O) groups is 2. The van der Waals surface area contributed by atoms with Crippen molar-refractivity contribution in [2.24, 2.45) is 5.41 Å². The molecule has 1 saturated heterocycles. The smallest absolute Gasteiger partial charge is 0.337 e. The first-order valence-corrected chi connectivity index (χ1v) is 7.26. The number of rotatable bonds is 1. The third-order valence-corrected chi connectivity index (χ3v) is 3.86. The first-order chi connectivity index (χ1) is 9.93. The van der Waals surface area contributed by atoms with E-state index >= 15 is 0 Å². The molecule has 2 amide bonds. The summed E-state index contributed by atoms with van der Waals surface area (Å²) in [6, 6.07) is 0. The summed E-state index contributed by atoms with van der Waals surface area (Å²) in [7, 11) is 0. The lowest BCUT2D eigenvalue weighted by Gasteiger charge is -2.23. The average Bonchev–Trinajstić information content (AvgIpc) is 2.61. The largest absolute Gasteiger partial charge is 0.471 e. The third kappa shape index (κ3) is 5.03. The lowest BCUT2D eigenvalue weighted by molar-refractivity contribution is -0.185. The molecule has 0 aromatic carbocycles. The number of hydrogen-bond donors (Lipinski definition) is 0. The van der Waals surface area contributed by atoms with Gasteiger partial charge in [-0.1, -0.05) is 26.3 Å². The molecule has 0 saturated carbocycles. The number of carbonyl (C=O) groups excluding carboxylic acids is 2. The Labute approximate surface area is 128 Å². The molecule has 0 aromatic rings. The highest BCUT2D eigenvalue weighted by molar-refractivity contribution is 5.88. The van der Waals surface area contributed by atoms with Crippen LogP contribution in [-0.4, -0.2) is 54.0 Å². The van der Waals surface area contributed by atoms with Crippen LogP contribution < -0.4 is 0 Å². The van der Waals surface area contributed by atoms with Crippen molar-refractivity contribution in [3.63, 3.8) is 0 Å². The Hall–Kier alpha value is -1.53. The average molecular weight is 320 g/mol. The minimum absolute atomic E-state index is 0.0179. The van der Waals surface area contributed by atoms with Gasteiger partial charge in [-0.25, -0.2) is 0 Å². The van der Waals surface area contributed by atoms with Crippen LogP contribution in [0.2, 0.25) is 0 Å². The van der Waals surface area contributed by atoms with E-state index in [9.17, 15) is 22.8 Å². The molecule has 0 radical (unpaired) electrons. The van der Waals surface area contributed by atoms with Gasteiger partial charge in [0, 0.05) is 32.3 Å². The molecule has 0 spiro atoms. The Bertz CT molecular complexity index is 464. The first-order valence-electron chi connectivity index (χ1n) is 7.26. The highest BCUT2D eigenvalue weighted by Gasteiger charge is 2.42. The Morgan fingerprint density at radius 1 is 0.955 bits per heavy atom. The van der Waals surface area contributed by atoms with E-state index in [1.54, 1.807) is 0 Å². The van der Waals surface area contributed by atoms with Crippen LogP contribution in [0.25, 0.3) is 0 Å². The third-order valence-electron chi connectivity index (χ3n) is 3.86. The van der Waals surface area contributed by atoms with Gasteiger partial charge in [-0.3, -0.25) is 9.59 Å². The standard InChI is InChI=1S/C15H23F3N2O2/c1-11(14(2,3)4)10-12(21)19-6-5-7-20(9-8-19)13(22)15(16,17)18/h10H,5-9H2,1-4H3/b11-10+. The van der Waals surface area contributed by atoms with Gasteiger partial charge in [-0.15, -0.1) is 0 Å². The normalized spacial score (nSPS) is 18.2. The molecule has 0 N–H and O–H groups in total. The number of halogens is 3. The van der Waals surface area contributed by atoms with Crippen molar-refractivity contribution >= 4 is 11.8 Å². The van der Waals surface area contributed by atoms with Crippen molar-refractivity contribution in [1.29, 1.82) is 0 Å². The minimum Gasteiger partial charge on any atom is -0.337 e. The van der Waals surface area contributed by atoms with Crippen LogP contribution in [0.4, 0.5) is 13.2 Å². The Morgan fingerprint density at radius 3 is 1.95 bits per heavy atom. The Balaban J connectivity index is 2.71. The molecule has 0 aromatic heterocycles. The highest BCUT2D eigenvalue weighted by atomic mass is 19.4. The molecule has 126 valence electrons. The van der Waals surface area contributed by atoms with Gasteiger partial charge >= 0.3 is 12.1 Å². The van der Waals surface area contributed by atoms with Crippen molar-refractivity contribution in [3.8, 4) is 0 Å². The second kappa shape index (κ2) is 6.71. The molecule has 0 aliphatic carbocycles. The van der Waals surface area contributed by atoms with Gasteiger partial charge in [0.1, 0.15) is 0 Å². The van der Waals surface area contributed by atoms with E-state index in [2.05, 4.69) is 0 Å². The molecule has 0 unspecified atom stereocenters. The number of amides is 2. The SMILES string of the molecule is C/C(=C\C(=O)N1CCCN(C(=O)C(F)(F)F)CC1)C(C)(C)C. The molecule has 7 heteroatoms. The van der Waals surface area contributed by atoms with Gasteiger partial charge < -0.3 is 9.80 Å². The van der Waals surface area contributed by atoms with Crippen LogP contribution in [0.3, 0.4) is 0 Å². The zero-order chi connectivity index (χ0) is 17.1. The molecule has 4 nitrogen and oxygen atoms in total. The van der Waals surface area contributed by atoms with Crippen molar-refractivity contribution in [2.45, 2.75) is 40.3 Å². The first kappa shape index (κ1) is 18.5. The highest BCUT2D eigenvalue weighted by Crippen LogP contribution is 2.24. The van der Waals surface area contributed by atoms with Crippen LogP contribution >= 0.6 is 0 Å². The summed E-state index contributed by atoms with van der Waals surface area (Å²) < 4.78 is 37.3. The van der Waals surface area contributed by atoms with Gasteiger partial charge in [0.25, 0.3) is 0 Å². The van der Waals surface area contributed by atoms with Crippen molar-refractivity contribution in [3.05, 3.63) is 11.6 Å².